The molecule has 0 bridgehead atoms. The Labute approximate surface area is 251 Å². The highest BCUT2D eigenvalue weighted by molar-refractivity contribution is 6.33. The Morgan fingerprint density at radius 1 is 0.905 bits per heavy atom. The third-order valence-corrected chi connectivity index (χ3v) is 6.42. The van der Waals surface area contributed by atoms with Crippen LogP contribution in [0.2, 0.25) is 5.02 Å². The number of likely N-dealkylation sites (tertiary alicyclic amines) is 2. The maximum Gasteiger partial charge on any atom is 0.410 e. The van der Waals surface area contributed by atoms with Gasteiger partial charge in [-0.2, -0.15) is 0 Å². The largest absolute Gasteiger partial charge is 0.488 e. The average molecular weight is 616 g/mol. The van der Waals surface area contributed by atoms with Crippen LogP contribution in [0.25, 0.3) is 0 Å². The van der Waals surface area contributed by atoms with Crippen molar-refractivity contribution >= 4 is 35.4 Å². The summed E-state index contributed by atoms with van der Waals surface area (Å²) in [4.78, 5) is 49.3. The van der Waals surface area contributed by atoms with Crippen molar-refractivity contribution in [3.05, 3.63) is 32.8 Å². The summed E-state index contributed by atoms with van der Waals surface area (Å²) in [5, 5.41) is 20.2. The fraction of sp³-hybridized carbons (Fsp3) is 0.679. The lowest BCUT2D eigenvalue weighted by Crippen LogP contribution is -2.44. The van der Waals surface area contributed by atoms with Gasteiger partial charge in [0.15, 0.2) is 5.75 Å². The minimum absolute atomic E-state index is 0.0369. The van der Waals surface area contributed by atoms with E-state index in [1.165, 1.54) is 0 Å². The molecular weight excluding hydrogens is 574 g/mol. The lowest BCUT2D eigenvalue weighted by molar-refractivity contribution is -0.384. The van der Waals surface area contributed by atoms with Crippen LogP contribution < -0.4 is 4.74 Å². The van der Waals surface area contributed by atoms with E-state index in [0.29, 0.717) is 51.9 Å². The van der Waals surface area contributed by atoms with Crippen LogP contribution in [0.15, 0.2) is 12.1 Å². The van der Waals surface area contributed by atoms with Gasteiger partial charge in [-0.1, -0.05) is 11.6 Å². The van der Waals surface area contributed by atoms with Crippen LogP contribution in [-0.2, 0) is 14.2 Å². The summed E-state index contributed by atoms with van der Waals surface area (Å²) in [7, 11) is 1.16. The Bertz CT molecular complexity index is 1120. The SMILES string of the molecule is CC(C)(C)OC(=O)N1CCC(O)CC1.COC(=O)c1cc([N+](=O)[O-])cc(Cl)c1OC1CCN(C(=O)OC(C)(C)C)CC1. The molecule has 2 amide bonds. The van der Waals surface area contributed by atoms with E-state index >= 15 is 0 Å². The predicted molar refractivity (Wildman–Crippen MR) is 154 cm³/mol. The maximum atomic E-state index is 12.1. The molecule has 0 saturated carbocycles. The van der Waals surface area contributed by atoms with Crippen molar-refractivity contribution in [1.82, 2.24) is 9.80 Å². The monoisotopic (exact) mass is 615 g/mol. The number of hydrogen-bond acceptors (Lipinski definition) is 10. The molecule has 2 fully saturated rings. The molecule has 13 nitrogen and oxygen atoms in total. The van der Waals surface area contributed by atoms with Gasteiger partial charge in [-0.15, -0.1) is 0 Å². The number of methoxy groups -OCH3 is 1. The number of amides is 2. The van der Waals surface area contributed by atoms with E-state index in [1.54, 1.807) is 30.6 Å². The highest BCUT2D eigenvalue weighted by atomic mass is 35.5. The number of piperidine rings is 2. The van der Waals surface area contributed by atoms with E-state index in [9.17, 15) is 29.6 Å². The molecular formula is C28H42ClN3O10. The van der Waals surface area contributed by atoms with E-state index in [-0.39, 0.29) is 40.3 Å². The first-order valence-corrected chi connectivity index (χ1v) is 14.1. The molecule has 1 N–H and O–H groups in total. The summed E-state index contributed by atoms with van der Waals surface area (Å²) in [6, 6.07) is 2.20. The van der Waals surface area contributed by atoms with Crippen molar-refractivity contribution in [3.8, 4) is 5.75 Å². The number of carbonyl (C=O) groups excluding carboxylic acids is 3. The number of non-ortho nitro benzene ring substituents is 1. The first-order chi connectivity index (χ1) is 19.4. The van der Waals surface area contributed by atoms with Crippen molar-refractivity contribution in [3.63, 3.8) is 0 Å². The van der Waals surface area contributed by atoms with E-state index in [4.69, 9.17) is 25.8 Å². The molecule has 0 atom stereocenters. The van der Waals surface area contributed by atoms with Crippen LogP contribution in [0.1, 0.15) is 77.6 Å². The third-order valence-electron chi connectivity index (χ3n) is 6.14. The quantitative estimate of drug-likeness (QED) is 0.207. The van der Waals surface area contributed by atoms with Gasteiger partial charge in [0.1, 0.15) is 22.9 Å². The fourth-order valence-corrected chi connectivity index (χ4v) is 4.35. The predicted octanol–water partition coefficient (Wildman–Crippen LogP) is 5.19. The molecule has 236 valence electrons. The van der Waals surface area contributed by atoms with Crippen LogP contribution in [-0.4, -0.2) is 94.7 Å². The number of nitro groups is 1. The summed E-state index contributed by atoms with van der Waals surface area (Å²) in [5.74, 6) is -0.748. The molecule has 2 aliphatic heterocycles. The molecule has 2 aliphatic rings. The number of aliphatic hydroxyl groups is 1. The highest BCUT2D eigenvalue weighted by Crippen LogP contribution is 2.36. The van der Waals surface area contributed by atoms with Gasteiger partial charge >= 0.3 is 18.2 Å². The number of halogens is 1. The molecule has 1 aromatic rings. The molecule has 2 saturated heterocycles. The Morgan fingerprint density at radius 3 is 1.76 bits per heavy atom. The third kappa shape index (κ3) is 11.2. The van der Waals surface area contributed by atoms with Crippen molar-refractivity contribution < 1.29 is 43.4 Å². The summed E-state index contributed by atoms with van der Waals surface area (Å²) in [5.41, 5.74) is -1.46. The molecule has 42 heavy (non-hydrogen) atoms. The van der Waals surface area contributed by atoms with Crippen LogP contribution >= 0.6 is 11.6 Å². The zero-order valence-corrected chi connectivity index (χ0v) is 26.1. The van der Waals surface area contributed by atoms with Gasteiger partial charge in [0.2, 0.25) is 0 Å². The highest BCUT2D eigenvalue weighted by Gasteiger charge is 2.30. The molecule has 3 rings (SSSR count). The van der Waals surface area contributed by atoms with Crippen LogP contribution in [0.4, 0.5) is 15.3 Å². The number of hydrogen-bond donors (Lipinski definition) is 1. The summed E-state index contributed by atoms with van der Waals surface area (Å²) in [6.45, 7) is 13.0. The fourth-order valence-electron chi connectivity index (χ4n) is 4.09. The number of ether oxygens (including phenoxy) is 4. The van der Waals surface area contributed by atoms with Gasteiger partial charge in [0, 0.05) is 51.2 Å². The second-order valence-corrected chi connectivity index (χ2v) is 12.4. The number of aliphatic hydroxyl groups excluding tert-OH is 1. The van der Waals surface area contributed by atoms with Crippen molar-refractivity contribution in [1.29, 1.82) is 0 Å². The lowest BCUT2D eigenvalue weighted by Gasteiger charge is -2.33. The van der Waals surface area contributed by atoms with E-state index < -0.39 is 28.2 Å². The van der Waals surface area contributed by atoms with Crippen LogP contribution in [0.3, 0.4) is 0 Å². The van der Waals surface area contributed by atoms with E-state index in [2.05, 4.69) is 4.74 Å². The van der Waals surface area contributed by atoms with Crippen molar-refractivity contribution in [2.45, 2.75) is 90.6 Å². The van der Waals surface area contributed by atoms with Gasteiger partial charge in [0.05, 0.1) is 23.2 Å². The van der Waals surface area contributed by atoms with Crippen LogP contribution in [0.5, 0.6) is 5.75 Å². The second-order valence-electron chi connectivity index (χ2n) is 12.0. The maximum absolute atomic E-state index is 12.1. The minimum Gasteiger partial charge on any atom is -0.488 e. The molecule has 0 radical (unpaired) electrons. The van der Waals surface area contributed by atoms with Gasteiger partial charge in [0.25, 0.3) is 5.69 Å². The summed E-state index contributed by atoms with van der Waals surface area (Å²) >= 11 is 6.13. The Kier molecular flexibility index (Phi) is 12.2. The van der Waals surface area contributed by atoms with Crippen LogP contribution in [0, 0.1) is 10.1 Å². The lowest BCUT2D eigenvalue weighted by atomic mass is 10.1. The molecule has 2 heterocycles. The normalized spacial score (nSPS) is 16.6. The van der Waals surface area contributed by atoms with Gasteiger partial charge < -0.3 is 33.9 Å². The zero-order chi connectivity index (χ0) is 31.8. The second kappa shape index (κ2) is 14.7. The van der Waals surface area contributed by atoms with Gasteiger partial charge in [-0.3, -0.25) is 10.1 Å². The van der Waals surface area contributed by atoms with Gasteiger partial charge in [-0.05, 0) is 54.4 Å². The topological polar surface area (TPSA) is 158 Å². The number of benzene rings is 1. The molecule has 0 aliphatic carbocycles. The number of nitrogens with zero attached hydrogens (tertiary/aromatic N) is 3. The standard InChI is InChI=1S/C18H23ClN2O7.C10H19NO3/c1-18(2,3)28-17(23)20-7-5-12(6-8-20)27-15-13(16(22)26-4)9-11(21(24)25)10-14(15)19;1-10(2,3)14-9(13)11-6-4-8(12)5-7-11/h9-10,12H,5-8H2,1-4H3;8,12H,4-7H2,1-3H3. The molecule has 0 spiro atoms. The first-order valence-electron chi connectivity index (χ1n) is 13.8. The average Bonchev–Trinajstić information content (AvgIpc) is 2.88. The molecule has 1 aromatic carbocycles. The first kappa shape index (κ1) is 34.9. The van der Waals surface area contributed by atoms with Gasteiger partial charge in [-0.25, -0.2) is 14.4 Å². The number of esters is 1. The molecule has 14 heteroatoms. The summed E-state index contributed by atoms with van der Waals surface area (Å²) in [6.07, 6.45) is 1.05. The Balaban J connectivity index is 0.000000369. The zero-order valence-electron chi connectivity index (χ0n) is 25.3. The number of rotatable bonds is 4. The Hall–Kier alpha value is -3.32. The van der Waals surface area contributed by atoms with Crippen molar-refractivity contribution in [2.24, 2.45) is 0 Å². The van der Waals surface area contributed by atoms with E-state index in [1.807, 2.05) is 20.8 Å². The van der Waals surface area contributed by atoms with Crippen molar-refractivity contribution in [2.75, 3.05) is 33.3 Å². The minimum atomic E-state index is -0.785. The Morgan fingerprint density at radius 2 is 1.36 bits per heavy atom. The smallest absolute Gasteiger partial charge is 0.410 e. The molecule has 0 unspecified atom stereocenters. The molecule has 0 aromatic heterocycles. The summed E-state index contributed by atoms with van der Waals surface area (Å²) < 4.78 is 21.1. The van der Waals surface area contributed by atoms with E-state index in [0.717, 1.165) is 19.2 Å². The number of carbonyl (C=O) groups is 3. The number of nitro benzene ring substituents is 1.